The molecular formula is C12H15Cl2NO. The van der Waals surface area contributed by atoms with E-state index in [1.165, 1.54) is 0 Å². The van der Waals surface area contributed by atoms with Crippen molar-refractivity contribution in [3.8, 4) is 0 Å². The molecule has 2 nitrogen and oxygen atoms in total. The van der Waals surface area contributed by atoms with Gasteiger partial charge in [-0.2, -0.15) is 0 Å². The fourth-order valence-electron chi connectivity index (χ4n) is 1.32. The van der Waals surface area contributed by atoms with E-state index < -0.39 is 0 Å². The Morgan fingerprint density at radius 3 is 2.81 bits per heavy atom. The minimum Gasteiger partial charge on any atom is -0.352 e. The predicted octanol–water partition coefficient (Wildman–Crippen LogP) is 3.40. The molecule has 4 heteroatoms. The Hall–Kier alpha value is -0.730. The van der Waals surface area contributed by atoms with Gasteiger partial charge in [-0.15, -0.1) is 11.6 Å². The highest BCUT2D eigenvalue weighted by Crippen LogP contribution is 2.15. The maximum absolute atomic E-state index is 11.8. The monoisotopic (exact) mass is 259 g/mol. The molecule has 0 aliphatic heterocycles. The van der Waals surface area contributed by atoms with E-state index in [2.05, 4.69) is 5.32 Å². The Balaban J connectivity index is 2.62. The van der Waals surface area contributed by atoms with Gasteiger partial charge >= 0.3 is 0 Å². The summed E-state index contributed by atoms with van der Waals surface area (Å²) < 4.78 is 0. The summed E-state index contributed by atoms with van der Waals surface area (Å²) in [5.41, 5.74) is 1.54. The van der Waals surface area contributed by atoms with E-state index in [-0.39, 0.29) is 11.3 Å². The van der Waals surface area contributed by atoms with Gasteiger partial charge in [0.05, 0.1) is 0 Å². The van der Waals surface area contributed by atoms with E-state index in [4.69, 9.17) is 23.2 Å². The van der Waals surface area contributed by atoms with E-state index in [9.17, 15) is 4.79 Å². The zero-order chi connectivity index (χ0) is 12.1. The summed E-state index contributed by atoms with van der Waals surface area (Å²) >= 11 is 11.6. The molecule has 0 aliphatic carbocycles. The molecular weight excluding hydrogens is 245 g/mol. The lowest BCUT2D eigenvalue weighted by Crippen LogP contribution is -2.26. The number of hydrogen-bond donors (Lipinski definition) is 1. The second kappa shape index (κ2) is 6.12. The number of alkyl halides is 1. The molecule has 1 aromatic carbocycles. The average Bonchev–Trinajstić information content (AvgIpc) is 2.21. The van der Waals surface area contributed by atoms with Gasteiger partial charge in [0, 0.05) is 22.5 Å². The smallest absolute Gasteiger partial charge is 0.251 e. The molecule has 0 aromatic heterocycles. The van der Waals surface area contributed by atoms with Crippen LogP contribution < -0.4 is 5.32 Å². The SMILES string of the molecule is Cc1ccc(Cl)cc1C(=O)NCCC(C)Cl. The Morgan fingerprint density at radius 2 is 2.19 bits per heavy atom. The summed E-state index contributed by atoms with van der Waals surface area (Å²) in [6.45, 7) is 4.36. The van der Waals surface area contributed by atoms with Crippen molar-refractivity contribution >= 4 is 29.1 Å². The van der Waals surface area contributed by atoms with Crippen LogP contribution in [0.1, 0.15) is 29.3 Å². The second-order valence-electron chi connectivity index (χ2n) is 3.78. The van der Waals surface area contributed by atoms with E-state index in [0.29, 0.717) is 17.1 Å². The number of amides is 1. The number of halogens is 2. The molecule has 0 heterocycles. The number of aryl methyl sites for hydroxylation is 1. The van der Waals surface area contributed by atoms with Gasteiger partial charge in [-0.3, -0.25) is 4.79 Å². The zero-order valence-electron chi connectivity index (χ0n) is 9.39. The van der Waals surface area contributed by atoms with Crippen LogP contribution in [0.3, 0.4) is 0 Å². The normalized spacial score (nSPS) is 12.2. The van der Waals surface area contributed by atoms with Crippen LogP contribution in [0.2, 0.25) is 5.02 Å². The molecule has 0 radical (unpaired) electrons. The van der Waals surface area contributed by atoms with Crippen LogP contribution in [0.15, 0.2) is 18.2 Å². The number of nitrogens with one attached hydrogen (secondary N) is 1. The van der Waals surface area contributed by atoms with E-state index in [1.807, 2.05) is 19.9 Å². The Kier molecular flexibility index (Phi) is 5.10. The van der Waals surface area contributed by atoms with Crippen LogP contribution in [-0.4, -0.2) is 17.8 Å². The summed E-state index contributed by atoms with van der Waals surface area (Å²) in [6.07, 6.45) is 0.757. The van der Waals surface area contributed by atoms with Crippen molar-refractivity contribution < 1.29 is 4.79 Å². The fourth-order valence-corrected chi connectivity index (χ4v) is 1.60. The van der Waals surface area contributed by atoms with Crippen LogP contribution in [0.5, 0.6) is 0 Å². The highest BCUT2D eigenvalue weighted by molar-refractivity contribution is 6.31. The van der Waals surface area contributed by atoms with Gasteiger partial charge in [-0.05, 0) is 38.0 Å². The largest absolute Gasteiger partial charge is 0.352 e. The van der Waals surface area contributed by atoms with Crippen molar-refractivity contribution in [1.82, 2.24) is 5.32 Å². The summed E-state index contributed by atoms with van der Waals surface area (Å²) in [5.74, 6) is -0.0997. The molecule has 0 spiro atoms. The first-order chi connectivity index (χ1) is 7.50. The van der Waals surface area contributed by atoms with Crippen LogP contribution in [0, 0.1) is 6.92 Å². The summed E-state index contributed by atoms with van der Waals surface area (Å²) in [6, 6.07) is 5.28. The minimum absolute atomic E-state index is 0.0701. The third kappa shape index (κ3) is 4.03. The van der Waals surface area contributed by atoms with Crippen molar-refractivity contribution in [1.29, 1.82) is 0 Å². The van der Waals surface area contributed by atoms with Gasteiger partial charge in [0.2, 0.25) is 0 Å². The number of carbonyl (C=O) groups excluding carboxylic acids is 1. The number of benzene rings is 1. The lowest BCUT2D eigenvalue weighted by atomic mass is 10.1. The van der Waals surface area contributed by atoms with Crippen LogP contribution in [-0.2, 0) is 0 Å². The maximum atomic E-state index is 11.8. The molecule has 1 atom stereocenters. The Labute approximate surface area is 106 Å². The molecule has 16 heavy (non-hydrogen) atoms. The van der Waals surface area contributed by atoms with Gasteiger partial charge in [0.15, 0.2) is 0 Å². The van der Waals surface area contributed by atoms with Gasteiger partial charge in [-0.1, -0.05) is 17.7 Å². The van der Waals surface area contributed by atoms with Gasteiger partial charge in [0.1, 0.15) is 0 Å². The van der Waals surface area contributed by atoms with Crippen molar-refractivity contribution in [2.45, 2.75) is 25.6 Å². The topological polar surface area (TPSA) is 29.1 Å². The van der Waals surface area contributed by atoms with Gasteiger partial charge in [0.25, 0.3) is 5.91 Å². The van der Waals surface area contributed by atoms with Crippen LogP contribution in [0.25, 0.3) is 0 Å². The van der Waals surface area contributed by atoms with Crippen molar-refractivity contribution in [3.05, 3.63) is 34.3 Å². The molecule has 1 unspecified atom stereocenters. The third-order valence-corrected chi connectivity index (χ3v) is 2.73. The molecule has 0 fully saturated rings. The molecule has 1 aromatic rings. The maximum Gasteiger partial charge on any atom is 0.251 e. The lowest BCUT2D eigenvalue weighted by Gasteiger charge is -2.08. The first kappa shape index (κ1) is 13.3. The number of rotatable bonds is 4. The van der Waals surface area contributed by atoms with Crippen LogP contribution >= 0.6 is 23.2 Å². The van der Waals surface area contributed by atoms with Crippen LogP contribution in [0.4, 0.5) is 0 Å². The number of hydrogen-bond acceptors (Lipinski definition) is 1. The summed E-state index contributed by atoms with van der Waals surface area (Å²) in [5, 5.41) is 3.46. The molecule has 1 N–H and O–H groups in total. The highest BCUT2D eigenvalue weighted by atomic mass is 35.5. The average molecular weight is 260 g/mol. The molecule has 1 amide bonds. The Morgan fingerprint density at radius 1 is 1.50 bits per heavy atom. The molecule has 0 saturated carbocycles. The molecule has 88 valence electrons. The first-order valence-electron chi connectivity index (χ1n) is 5.19. The van der Waals surface area contributed by atoms with Gasteiger partial charge in [-0.25, -0.2) is 0 Å². The molecule has 0 saturated heterocycles. The second-order valence-corrected chi connectivity index (χ2v) is 4.97. The lowest BCUT2D eigenvalue weighted by molar-refractivity contribution is 0.0952. The van der Waals surface area contributed by atoms with E-state index >= 15 is 0 Å². The third-order valence-electron chi connectivity index (χ3n) is 2.27. The highest BCUT2D eigenvalue weighted by Gasteiger charge is 2.09. The predicted molar refractivity (Wildman–Crippen MR) is 68.5 cm³/mol. The van der Waals surface area contributed by atoms with Crippen molar-refractivity contribution in [2.75, 3.05) is 6.54 Å². The number of carbonyl (C=O) groups is 1. The first-order valence-corrected chi connectivity index (χ1v) is 6.00. The fraction of sp³-hybridized carbons (Fsp3) is 0.417. The van der Waals surface area contributed by atoms with Gasteiger partial charge < -0.3 is 5.32 Å². The van der Waals surface area contributed by atoms with E-state index in [1.54, 1.807) is 12.1 Å². The summed E-state index contributed by atoms with van der Waals surface area (Å²) in [4.78, 5) is 11.8. The standard InChI is InChI=1S/C12H15Cl2NO/c1-8-3-4-10(14)7-11(8)12(16)15-6-5-9(2)13/h3-4,7,9H,5-6H2,1-2H3,(H,15,16). The molecule has 0 bridgehead atoms. The summed E-state index contributed by atoms with van der Waals surface area (Å²) in [7, 11) is 0. The van der Waals surface area contributed by atoms with Crippen molar-refractivity contribution in [3.63, 3.8) is 0 Å². The van der Waals surface area contributed by atoms with Crippen molar-refractivity contribution in [2.24, 2.45) is 0 Å². The molecule has 0 aliphatic rings. The van der Waals surface area contributed by atoms with E-state index in [0.717, 1.165) is 12.0 Å². The minimum atomic E-state index is -0.0997. The Bertz CT molecular complexity index is 377. The molecule has 1 rings (SSSR count). The quantitative estimate of drug-likeness (QED) is 0.826. The zero-order valence-corrected chi connectivity index (χ0v) is 10.9.